The molecule has 0 radical (unpaired) electrons. The van der Waals surface area contributed by atoms with Gasteiger partial charge in [-0.05, 0) is 69.3 Å². The average Bonchev–Trinajstić information content (AvgIpc) is 3.14. The molecule has 0 aliphatic rings. The van der Waals surface area contributed by atoms with E-state index in [4.69, 9.17) is 9.47 Å². The number of ether oxygens (including phenoxy) is 2. The van der Waals surface area contributed by atoms with Crippen molar-refractivity contribution in [1.82, 2.24) is 4.98 Å². The average molecular weight is 456 g/mol. The molecule has 0 aliphatic heterocycles. The van der Waals surface area contributed by atoms with E-state index in [2.05, 4.69) is 10.3 Å². The number of hydrogen-bond acceptors (Lipinski definition) is 7. The maximum absolute atomic E-state index is 13.0. The molecule has 1 heterocycles. The molecular formula is C23H21FN2O5S. The second-order valence-corrected chi connectivity index (χ2v) is 8.02. The van der Waals surface area contributed by atoms with Gasteiger partial charge in [0.2, 0.25) is 0 Å². The molecule has 9 heteroatoms. The third kappa shape index (κ3) is 5.98. The molecule has 1 atom stereocenters. The summed E-state index contributed by atoms with van der Waals surface area (Å²) in [7, 11) is 0. The minimum atomic E-state index is -1.05. The van der Waals surface area contributed by atoms with Gasteiger partial charge in [-0.2, -0.15) is 0 Å². The predicted molar refractivity (Wildman–Crippen MR) is 118 cm³/mol. The number of benzene rings is 2. The van der Waals surface area contributed by atoms with Crippen LogP contribution in [0, 0.1) is 12.7 Å². The van der Waals surface area contributed by atoms with E-state index in [1.807, 2.05) is 0 Å². The van der Waals surface area contributed by atoms with Gasteiger partial charge in [0.25, 0.3) is 5.91 Å². The Kier molecular flexibility index (Phi) is 7.32. The fourth-order valence-electron chi connectivity index (χ4n) is 2.68. The van der Waals surface area contributed by atoms with E-state index in [0.717, 1.165) is 11.3 Å². The molecular weight excluding hydrogens is 435 g/mol. The van der Waals surface area contributed by atoms with Gasteiger partial charge in [-0.3, -0.25) is 9.59 Å². The van der Waals surface area contributed by atoms with Gasteiger partial charge in [0, 0.05) is 11.3 Å². The molecule has 3 rings (SSSR count). The van der Waals surface area contributed by atoms with Crippen LogP contribution in [0.15, 0.2) is 48.5 Å². The van der Waals surface area contributed by atoms with Crippen molar-refractivity contribution in [1.29, 1.82) is 0 Å². The summed E-state index contributed by atoms with van der Waals surface area (Å²) in [6, 6.07) is 12.0. The number of ketones is 1. The summed E-state index contributed by atoms with van der Waals surface area (Å²) in [5.74, 6) is -1.13. The van der Waals surface area contributed by atoms with Gasteiger partial charge in [0.05, 0.1) is 5.69 Å². The normalized spacial score (nSPS) is 11.5. The zero-order chi connectivity index (χ0) is 23.3. The molecule has 2 aromatic carbocycles. The van der Waals surface area contributed by atoms with E-state index in [9.17, 15) is 18.8 Å². The number of Topliss-reactive ketones (excluding diaryl/α,β-unsaturated/α-hetero) is 1. The predicted octanol–water partition coefficient (Wildman–Crippen LogP) is 4.56. The van der Waals surface area contributed by atoms with Gasteiger partial charge in [-0.15, -0.1) is 11.3 Å². The van der Waals surface area contributed by atoms with Crippen molar-refractivity contribution >= 4 is 34.7 Å². The molecule has 32 heavy (non-hydrogen) atoms. The van der Waals surface area contributed by atoms with Gasteiger partial charge in [-0.25, -0.2) is 14.2 Å². The lowest BCUT2D eigenvalue weighted by Crippen LogP contribution is -2.30. The lowest BCUT2D eigenvalue weighted by Gasteiger charge is -2.13. The van der Waals surface area contributed by atoms with Crippen molar-refractivity contribution in [3.63, 3.8) is 0 Å². The van der Waals surface area contributed by atoms with Crippen LogP contribution in [-0.4, -0.2) is 28.7 Å². The fraction of sp³-hybridized carbons (Fsp3) is 0.217. The standard InChI is InChI=1S/C23H21FN2O5S/c1-13-21(32-20(25-13)12-30-19-10-6-17(24)7-11-19)23(29)31-15(3)22(28)26-18-8-4-16(5-9-18)14(2)27/h4-11,15H,12H2,1-3H3,(H,26,28). The number of carbonyl (C=O) groups excluding carboxylic acids is 3. The highest BCUT2D eigenvalue weighted by molar-refractivity contribution is 7.13. The van der Waals surface area contributed by atoms with Gasteiger partial charge in [-0.1, -0.05) is 0 Å². The fourth-order valence-corrected chi connectivity index (χ4v) is 3.54. The van der Waals surface area contributed by atoms with Crippen LogP contribution >= 0.6 is 11.3 Å². The Morgan fingerprint density at radius 2 is 1.75 bits per heavy atom. The van der Waals surface area contributed by atoms with Crippen molar-refractivity contribution in [2.75, 3.05) is 5.32 Å². The Morgan fingerprint density at radius 1 is 1.09 bits per heavy atom. The van der Waals surface area contributed by atoms with Crippen molar-refractivity contribution < 1.29 is 28.2 Å². The van der Waals surface area contributed by atoms with Crippen molar-refractivity contribution in [3.05, 3.63) is 75.5 Å². The first-order valence-corrected chi connectivity index (χ1v) is 10.5. The summed E-state index contributed by atoms with van der Waals surface area (Å²) in [5.41, 5.74) is 1.48. The number of aryl methyl sites for hydroxylation is 1. The number of aromatic nitrogens is 1. The Morgan fingerprint density at radius 3 is 2.38 bits per heavy atom. The van der Waals surface area contributed by atoms with Gasteiger partial charge >= 0.3 is 5.97 Å². The Bertz CT molecular complexity index is 1130. The lowest BCUT2D eigenvalue weighted by atomic mass is 10.1. The highest BCUT2D eigenvalue weighted by Crippen LogP contribution is 2.22. The first kappa shape index (κ1) is 23.1. The molecule has 0 saturated carbocycles. The third-order valence-electron chi connectivity index (χ3n) is 4.41. The highest BCUT2D eigenvalue weighted by atomic mass is 32.1. The zero-order valence-electron chi connectivity index (χ0n) is 17.7. The largest absolute Gasteiger partial charge is 0.486 e. The van der Waals surface area contributed by atoms with Crippen molar-refractivity contribution in [2.45, 2.75) is 33.5 Å². The van der Waals surface area contributed by atoms with Gasteiger partial charge in [0.1, 0.15) is 28.1 Å². The van der Waals surface area contributed by atoms with Crippen LogP contribution in [0.5, 0.6) is 5.75 Å². The quantitative estimate of drug-likeness (QED) is 0.395. The third-order valence-corrected chi connectivity index (χ3v) is 5.53. The number of esters is 1. The topological polar surface area (TPSA) is 94.6 Å². The molecule has 0 fully saturated rings. The molecule has 7 nitrogen and oxygen atoms in total. The molecule has 0 spiro atoms. The smallest absolute Gasteiger partial charge is 0.351 e. The number of hydrogen-bond donors (Lipinski definition) is 1. The summed E-state index contributed by atoms with van der Waals surface area (Å²) in [4.78, 5) is 40.8. The van der Waals surface area contributed by atoms with E-state index >= 15 is 0 Å². The molecule has 1 N–H and O–H groups in total. The Labute approximate surface area is 188 Å². The summed E-state index contributed by atoms with van der Waals surface area (Å²) >= 11 is 1.10. The van der Waals surface area contributed by atoms with Crippen molar-refractivity contribution in [2.24, 2.45) is 0 Å². The number of halogens is 1. The molecule has 0 bridgehead atoms. The first-order chi connectivity index (χ1) is 15.2. The molecule has 1 amide bonds. The molecule has 3 aromatic rings. The van der Waals surface area contributed by atoms with E-state index in [0.29, 0.717) is 27.7 Å². The van der Waals surface area contributed by atoms with E-state index < -0.39 is 18.0 Å². The van der Waals surface area contributed by atoms with Gasteiger partial charge in [0.15, 0.2) is 11.9 Å². The number of rotatable bonds is 8. The second-order valence-electron chi connectivity index (χ2n) is 6.94. The first-order valence-electron chi connectivity index (χ1n) is 9.70. The van der Waals surface area contributed by atoms with E-state index in [1.54, 1.807) is 31.2 Å². The van der Waals surface area contributed by atoms with Crippen LogP contribution in [-0.2, 0) is 16.1 Å². The number of thiazole rings is 1. The minimum Gasteiger partial charge on any atom is -0.486 e. The van der Waals surface area contributed by atoms with Crippen LogP contribution in [0.4, 0.5) is 10.1 Å². The number of nitrogens with zero attached hydrogens (tertiary/aromatic N) is 1. The van der Waals surface area contributed by atoms with Crippen LogP contribution < -0.4 is 10.1 Å². The molecule has 1 unspecified atom stereocenters. The molecule has 0 saturated heterocycles. The van der Waals surface area contributed by atoms with Crippen molar-refractivity contribution in [3.8, 4) is 5.75 Å². The SMILES string of the molecule is CC(=O)c1ccc(NC(=O)C(C)OC(=O)c2sc(COc3ccc(F)cc3)nc2C)cc1. The Balaban J connectivity index is 1.56. The highest BCUT2D eigenvalue weighted by Gasteiger charge is 2.23. The summed E-state index contributed by atoms with van der Waals surface area (Å²) in [6.45, 7) is 4.69. The molecule has 1 aromatic heterocycles. The summed E-state index contributed by atoms with van der Waals surface area (Å²) in [5, 5.41) is 3.18. The van der Waals surface area contributed by atoms with Gasteiger partial charge < -0.3 is 14.8 Å². The minimum absolute atomic E-state index is 0.0764. The molecule has 166 valence electrons. The van der Waals surface area contributed by atoms with Crippen LogP contribution in [0.3, 0.4) is 0 Å². The zero-order valence-corrected chi connectivity index (χ0v) is 18.5. The number of carbonyl (C=O) groups is 3. The monoisotopic (exact) mass is 456 g/mol. The van der Waals surface area contributed by atoms with E-state index in [-0.39, 0.29) is 23.1 Å². The summed E-state index contributed by atoms with van der Waals surface area (Å²) in [6.07, 6.45) is -1.05. The van der Waals surface area contributed by atoms with Crippen LogP contribution in [0.1, 0.15) is 44.6 Å². The van der Waals surface area contributed by atoms with Crippen LogP contribution in [0.25, 0.3) is 0 Å². The summed E-state index contributed by atoms with van der Waals surface area (Å²) < 4.78 is 23.8. The Hall–Kier alpha value is -3.59. The molecule has 0 aliphatic carbocycles. The van der Waals surface area contributed by atoms with Crippen LogP contribution in [0.2, 0.25) is 0 Å². The number of amides is 1. The maximum Gasteiger partial charge on any atom is 0.351 e. The number of nitrogens with one attached hydrogen (secondary N) is 1. The maximum atomic E-state index is 13.0. The lowest BCUT2D eigenvalue weighted by molar-refractivity contribution is -0.123. The second kappa shape index (κ2) is 10.1. The van der Waals surface area contributed by atoms with E-state index in [1.165, 1.54) is 38.1 Å². The number of anilines is 1.